The van der Waals surface area contributed by atoms with Crippen molar-refractivity contribution < 1.29 is 14.7 Å². The van der Waals surface area contributed by atoms with Gasteiger partial charge in [-0.2, -0.15) is 0 Å². The SMILES string of the molecule is CCCN(CC(=O)O)C(=O)C(C(C)C)N(C)C. The van der Waals surface area contributed by atoms with Crippen LogP contribution in [-0.2, 0) is 9.59 Å². The van der Waals surface area contributed by atoms with Crippen molar-refractivity contribution in [2.24, 2.45) is 5.92 Å². The molecule has 0 bridgehead atoms. The van der Waals surface area contributed by atoms with Crippen LogP contribution in [0.4, 0.5) is 0 Å². The minimum absolute atomic E-state index is 0.103. The minimum atomic E-state index is -0.965. The largest absolute Gasteiger partial charge is 0.480 e. The standard InChI is InChI=1S/C12H24N2O3/c1-6-7-14(8-10(15)16)12(17)11(9(2)3)13(4)5/h9,11H,6-8H2,1-5H3,(H,15,16). The van der Waals surface area contributed by atoms with Crippen LogP contribution in [-0.4, -0.2) is 60.0 Å². The molecule has 1 unspecified atom stereocenters. The summed E-state index contributed by atoms with van der Waals surface area (Å²) < 4.78 is 0. The summed E-state index contributed by atoms with van der Waals surface area (Å²) in [6.45, 7) is 6.13. The second-order valence-corrected chi connectivity index (χ2v) is 4.81. The Morgan fingerprint density at radius 3 is 2.06 bits per heavy atom. The van der Waals surface area contributed by atoms with E-state index in [4.69, 9.17) is 5.11 Å². The minimum Gasteiger partial charge on any atom is -0.480 e. The van der Waals surface area contributed by atoms with Gasteiger partial charge in [0.05, 0.1) is 6.04 Å². The Labute approximate surface area is 103 Å². The molecule has 0 fully saturated rings. The van der Waals surface area contributed by atoms with Gasteiger partial charge >= 0.3 is 5.97 Å². The van der Waals surface area contributed by atoms with Crippen LogP contribution in [0.15, 0.2) is 0 Å². The Kier molecular flexibility index (Phi) is 6.80. The predicted octanol–water partition coefficient (Wildman–Crippen LogP) is 0.896. The average Bonchev–Trinajstić information content (AvgIpc) is 2.14. The molecular weight excluding hydrogens is 220 g/mol. The van der Waals surface area contributed by atoms with Crippen molar-refractivity contribution in [1.29, 1.82) is 0 Å². The van der Waals surface area contributed by atoms with Crippen LogP contribution in [0, 0.1) is 5.92 Å². The summed E-state index contributed by atoms with van der Waals surface area (Å²) in [7, 11) is 3.68. The quantitative estimate of drug-likeness (QED) is 0.722. The van der Waals surface area contributed by atoms with Gasteiger partial charge in [-0.3, -0.25) is 14.5 Å². The molecule has 1 amide bonds. The molecule has 1 atom stereocenters. The molecule has 5 heteroatoms. The van der Waals surface area contributed by atoms with Gasteiger partial charge in [0.1, 0.15) is 6.54 Å². The number of carboxylic acid groups (broad SMARTS) is 1. The Morgan fingerprint density at radius 1 is 1.24 bits per heavy atom. The summed E-state index contributed by atoms with van der Waals surface area (Å²) >= 11 is 0. The molecule has 0 aromatic heterocycles. The van der Waals surface area contributed by atoms with Crippen LogP contribution in [0.2, 0.25) is 0 Å². The molecular formula is C12H24N2O3. The van der Waals surface area contributed by atoms with Crippen molar-refractivity contribution >= 4 is 11.9 Å². The monoisotopic (exact) mass is 244 g/mol. The average molecular weight is 244 g/mol. The van der Waals surface area contributed by atoms with E-state index < -0.39 is 5.97 Å². The highest BCUT2D eigenvalue weighted by Crippen LogP contribution is 2.11. The molecule has 0 aromatic rings. The van der Waals surface area contributed by atoms with Crippen molar-refractivity contribution in [1.82, 2.24) is 9.80 Å². The predicted molar refractivity (Wildman–Crippen MR) is 66.8 cm³/mol. The van der Waals surface area contributed by atoms with Crippen LogP contribution in [0.25, 0.3) is 0 Å². The lowest BCUT2D eigenvalue weighted by atomic mass is 10.0. The number of carbonyl (C=O) groups is 2. The zero-order valence-corrected chi connectivity index (χ0v) is 11.4. The highest BCUT2D eigenvalue weighted by atomic mass is 16.4. The molecule has 0 radical (unpaired) electrons. The second kappa shape index (κ2) is 7.27. The maximum absolute atomic E-state index is 12.3. The lowest BCUT2D eigenvalue weighted by Gasteiger charge is -2.32. The zero-order chi connectivity index (χ0) is 13.6. The summed E-state index contributed by atoms with van der Waals surface area (Å²) in [5.41, 5.74) is 0. The molecule has 0 aliphatic rings. The number of hydrogen-bond acceptors (Lipinski definition) is 3. The molecule has 0 rings (SSSR count). The van der Waals surface area contributed by atoms with Gasteiger partial charge in [0.15, 0.2) is 0 Å². The third kappa shape index (κ3) is 5.17. The first kappa shape index (κ1) is 15.9. The van der Waals surface area contributed by atoms with E-state index in [-0.39, 0.29) is 24.4 Å². The second-order valence-electron chi connectivity index (χ2n) is 4.81. The molecule has 0 saturated carbocycles. The number of amides is 1. The third-order valence-corrected chi connectivity index (χ3v) is 2.57. The number of hydrogen-bond donors (Lipinski definition) is 1. The summed E-state index contributed by atoms with van der Waals surface area (Å²) in [5.74, 6) is -0.909. The fourth-order valence-electron chi connectivity index (χ4n) is 1.99. The first-order chi connectivity index (χ1) is 7.81. The van der Waals surface area contributed by atoms with Crippen LogP contribution >= 0.6 is 0 Å². The van der Waals surface area contributed by atoms with Gasteiger partial charge in [0.2, 0.25) is 5.91 Å². The highest BCUT2D eigenvalue weighted by molar-refractivity contribution is 5.85. The number of carbonyl (C=O) groups excluding carboxylic acids is 1. The molecule has 0 heterocycles. The number of likely N-dealkylation sites (N-methyl/N-ethyl adjacent to an activating group) is 1. The molecule has 17 heavy (non-hydrogen) atoms. The smallest absolute Gasteiger partial charge is 0.323 e. The number of carboxylic acids is 1. The molecule has 1 N–H and O–H groups in total. The van der Waals surface area contributed by atoms with E-state index >= 15 is 0 Å². The van der Waals surface area contributed by atoms with E-state index in [1.807, 2.05) is 39.8 Å². The Balaban J connectivity index is 4.83. The Bertz CT molecular complexity index is 256. The lowest BCUT2D eigenvalue weighted by Crippen LogP contribution is -2.50. The zero-order valence-electron chi connectivity index (χ0n) is 11.4. The highest BCUT2D eigenvalue weighted by Gasteiger charge is 2.29. The van der Waals surface area contributed by atoms with Crippen molar-refractivity contribution in [2.75, 3.05) is 27.2 Å². The summed E-state index contributed by atoms with van der Waals surface area (Å²) in [6.07, 6.45) is 0.761. The molecule has 0 saturated heterocycles. The van der Waals surface area contributed by atoms with Gasteiger partial charge in [-0.05, 0) is 26.4 Å². The van der Waals surface area contributed by atoms with Crippen molar-refractivity contribution in [3.63, 3.8) is 0 Å². The first-order valence-corrected chi connectivity index (χ1v) is 5.98. The molecule has 100 valence electrons. The fraction of sp³-hybridized carbons (Fsp3) is 0.833. The summed E-state index contributed by atoms with van der Waals surface area (Å²) in [5, 5.41) is 8.81. The van der Waals surface area contributed by atoms with E-state index in [0.29, 0.717) is 6.54 Å². The Hall–Kier alpha value is -1.10. The molecule has 0 aromatic carbocycles. The van der Waals surface area contributed by atoms with Gasteiger partial charge < -0.3 is 10.0 Å². The van der Waals surface area contributed by atoms with E-state index in [2.05, 4.69) is 0 Å². The molecule has 0 aliphatic carbocycles. The first-order valence-electron chi connectivity index (χ1n) is 5.98. The third-order valence-electron chi connectivity index (χ3n) is 2.57. The van der Waals surface area contributed by atoms with Crippen molar-refractivity contribution in [3.8, 4) is 0 Å². The number of nitrogens with zero attached hydrogens (tertiary/aromatic N) is 2. The Morgan fingerprint density at radius 2 is 1.76 bits per heavy atom. The fourth-order valence-corrected chi connectivity index (χ4v) is 1.99. The maximum Gasteiger partial charge on any atom is 0.323 e. The summed E-state index contributed by atoms with van der Waals surface area (Å²) in [4.78, 5) is 26.3. The van der Waals surface area contributed by atoms with E-state index in [1.165, 1.54) is 4.90 Å². The molecule has 0 aliphatic heterocycles. The van der Waals surface area contributed by atoms with E-state index in [0.717, 1.165) is 6.42 Å². The van der Waals surface area contributed by atoms with E-state index in [9.17, 15) is 9.59 Å². The van der Waals surface area contributed by atoms with Crippen LogP contribution in [0.3, 0.4) is 0 Å². The van der Waals surface area contributed by atoms with Gasteiger partial charge in [-0.25, -0.2) is 0 Å². The number of aliphatic carboxylic acids is 1. The van der Waals surface area contributed by atoms with Gasteiger partial charge in [-0.1, -0.05) is 20.8 Å². The summed E-state index contributed by atoms with van der Waals surface area (Å²) in [6, 6.07) is -0.263. The van der Waals surface area contributed by atoms with Crippen molar-refractivity contribution in [2.45, 2.75) is 33.2 Å². The van der Waals surface area contributed by atoms with Gasteiger partial charge in [-0.15, -0.1) is 0 Å². The van der Waals surface area contributed by atoms with Crippen LogP contribution < -0.4 is 0 Å². The maximum atomic E-state index is 12.3. The molecule has 0 spiro atoms. The van der Waals surface area contributed by atoms with Gasteiger partial charge in [0, 0.05) is 6.54 Å². The molecule has 5 nitrogen and oxygen atoms in total. The van der Waals surface area contributed by atoms with Crippen molar-refractivity contribution in [3.05, 3.63) is 0 Å². The van der Waals surface area contributed by atoms with Gasteiger partial charge in [0.25, 0.3) is 0 Å². The number of rotatable bonds is 7. The van der Waals surface area contributed by atoms with E-state index in [1.54, 1.807) is 0 Å². The van der Waals surface area contributed by atoms with Crippen LogP contribution in [0.5, 0.6) is 0 Å². The normalized spacial score (nSPS) is 12.9. The lowest BCUT2D eigenvalue weighted by molar-refractivity contribution is -0.147. The van der Waals surface area contributed by atoms with Crippen LogP contribution in [0.1, 0.15) is 27.2 Å². The topological polar surface area (TPSA) is 60.9 Å².